The molecular formula is C11H12BrNO2. The number of carbonyl (C=O) groups excluding carboxylic acids is 1. The number of carbonyl (C=O) groups is 1. The van der Waals surface area contributed by atoms with Crippen molar-refractivity contribution < 1.29 is 9.53 Å². The lowest BCUT2D eigenvalue weighted by Gasteiger charge is -2.09. The van der Waals surface area contributed by atoms with Gasteiger partial charge in [-0.05, 0) is 31.2 Å². The van der Waals surface area contributed by atoms with Gasteiger partial charge in [-0.2, -0.15) is 0 Å². The molecule has 0 aliphatic carbocycles. The van der Waals surface area contributed by atoms with Crippen LogP contribution in [0, 0.1) is 0 Å². The van der Waals surface area contributed by atoms with Gasteiger partial charge in [0.15, 0.2) is 0 Å². The third kappa shape index (κ3) is 2.50. The number of esters is 1. The summed E-state index contributed by atoms with van der Waals surface area (Å²) in [5, 5.41) is 3.15. The first kappa shape index (κ1) is 10.5. The predicted molar refractivity (Wildman–Crippen MR) is 61.7 cm³/mol. The van der Waals surface area contributed by atoms with E-state index >= 15 is 0 Å². The molecule has 0 radical (unpaired) electrons. The molecule has 3 nitrogen and oxygen atoms in total. The summed E-state index contributed by atoms with van der Waals surface area (Å²) in [5.74, 6) is -0.162. The van der Waals surface area contributed by atoms with Crippen LogP contribution in [-0.4, -0.2) is 18.1 Å². The summed E-state index contributed by atoms with van der Waals surface area (Å²) in [4.78, 5) is 11.4. The van der Waals surface area contributed by atoms with E-state index in [1.807, 2.05) is 31.2 Å². The van der Waals surface area contributed by atoms with Crippen LogP contribution in [0.3, 0.4) is 0 Å². The Morgan fingerprint density at radius 1 is 1.40 bits per heavy atom. The van der Waals surface area contributed by atoms with Crippen molar-refractivity contribution in [3.63, 3.8) is 0 Å². The zero-order valence-corrected chi connectivity index (χ0v) is 9.95. The van der Waals surface area contributed by atoms with Crippen LogP contribution < -0.4 is 5.32 Å². The highest BCUT2D eigenvalue weighted by Crippen LogP contribution is 2.20. The highest BCUT2D eigenvalue weighted by atomic mass is 79.9. The van der Waals surface area contributed by atoms with Gasteiger partial charge >= 0.3 is 5.97 Å². The normalized spacial score (nSPS) is 25.1. The summed E-state index contributed by atoms with van der Waals surface area (Å²) >= 11 is 3.36. The lowest BCUT2D eigenvalue weighted by Crippen LogP contribution is -2.24. The molecule has 0 amide bonds. The number of anilines is 1. The average molecular weight is 270 g/mol. The van der Waals surface area contributed by atoms with Crippen LogP contribution in [0.5, 0.6) is 0 Å². The first-order valence-electron chi connectivity index (χ1n) is 4.88. The summed E-state index contributed by atoms with van der Waals surface area (Å²) in [6.45, 7) is 1.90. The summed E-state index contributed by atoms with van der Waals surface area (Å²) in [5.41, 5.74) is 0.939. The fraction of sp³-hybridized carbons (Fsp3) is 0.364. The second-order valence-electron chi connectivity index (χ2n) is 3.69. The average Bonchev–Trinajstić information content (AvgIpc) is 2.49. The number of nitrogens with one attached hydrogen (secondary N) is 1. The molecule has 0 bridgehead atoms. The molecule has 4 heteroatoms. The lowest BCUT2D eigenvalue weighted by atomic mass is 10.2. The molecule has 0 unspecified atom stereocenters. The Kier molecular flexibility index (Phi) is 2.95. The number of cyclic esters (lactones) is 1. The maximum Gasteiger partial charge on any atom is 0.328 e. The molecule has 1 aromatic carbocycles. The fourth-order valence-corrected chi connectivity index (χ4v) is 1.89. The quantitative estimate of drug-likeness (QED) is 0.839. The smallest absolute Gasteiger partial charge is 0.328 e. The number of halogens is 1. The van der Waals surface area contributed by atoms with Crippen LogP contribution in [0.1, 0.15) is 13.3 Å². The molecule has 1 aromatic rings. The first-order valence-corrected chi connectivity index (χ1v) is 5.67. The minimum atomic E-state index is -0.207. The Hall–Kier alpha value is -1.03. The summed E-state index contributed by atoms with van der Waals surface area (Å²) in [6, 6.07) is 7.53. The van der Waals surface area contributed by atoms with Crippen molar-refractivity contribution in [1.82, 2.24) is 0 Å². The molecule has 15 heavy (non-hydrogen) atoms. The summed E-state index contributed by atoms with van der Waals surface area (Å²) in [6.07, 6.45) is 0.750. The van der Waals surface area contributed by atoms with Gasteiger partial charge in [-0.25, -0.2) is 4.79 Å². The molecule has 80 valence electrons. The molecule has 1 aliphatic rings. The number of hydrogen-bond donors (Lipinski definition) is 1. The maximum absolute atomic E-state index is 11.4. The lowest BCUT2D eigenvalue weighted by molar-refractivity contribution is -0.141. The number of ether oxygens (including phenoxy) is 1. The van der Waals surface area contributed by atoms with Gasteiger partial charge in [0.25, 0.3) is 0 Å². The van der Waals surface area contributed by atoms with E-state index < -0.39 is 0 Å². The predicted octanol–water partition coefficient (Wildman–Crippen LogP) is 2.57. The molecule has 1 aliphatic heterocycles. The third-order valence-corrected chi connectivity index (χ3v) is 2.88. The largest absolute Gasteiger partial charge is 0.461 e. The molecule has 1 fully saturated rings. The van der Waals surface area contributed by atoms with E-state index in [2.05, 4.69) is 21.2 Å². The van der Waals surface area contributed by atoms with Crippen LogP contribution in [0.2, 0.25) is 0 Å². The van der Waals surface area contributed by atoms with E-state index in [9.17, 15) is 4.79 Å². The third-order valence-electron chi connectivity index (χ3n) is 2.35. The van der Waals surface area contributed by atoms with E-state index in [1.165, 1.54) is 0 Å². The van der Waals surface area contributed by atoms with Crippen LogP contribution in [0.4, 0.5) is 5.69 Å². The van der Waals surface area contributed by atoms with Crippen molar-refractivity contribution >= 4 is 27.6 Å². The van der Waals surface area contributed by atoms with E-state index in [0.717, 1.165) is 16.6 Å². The maximum atomic E-state index is 11.4. The van der Waals surface area contributed by atoms with Crippen molar-refractivity contribution in [2.24, 2.45) is 0 Å². The minimum absolute atomic E-state index is 0.0189. The summed E-state index contributed by atoms with van der Waals surface area (Å²) in [7, 11) is 0. The first-order chi connectivity index (χ1) is 7.15. The van der Waals surface area contributed by atoms with Crippen LogP contribution >= 0.6 is 15.9 Å². The molecule has 2 rings (SSSR count). The van der Waals surface area contributed by atoms with Crippen LogP contribution in [0.15, 0.2) is 28.7 Å². The monoisotopic (exact) mass is 269 g/mol. The van der Waals surface area contributed by atoms with Gasteiger partial charge in [-0.3, -0.25) is 0 Å². The van der Waals surface area contributed by atoms with Gasteiger partial charge in [0.05, 0.1) is 0 Å². The van der Waals surface area contributed by atoms with Gasteiger partial charge in [-0.1, -0.05) is 15.9 Å². The SMILES string of the molecule is C[C@@H]1C[C@@H](Nc2ccc(Br)cc2)C(=O)O1. The van der Waals surface area contributed by atoms with E-state index in [0.29, 0.717) is 0 Å². The van der Waals surface area contributed by atoms with Crippen molar-refractivity contribution in [3.8, 4) is 0 Å². The molecule has 0 saturated carbocycles. The van der Waals surface area contributed by atoms with E-state index in [1.54, 1.807) is 0 Å². The molecule has 1 saturated heterocycles. The Bertz CT molecular complexity index is 363. The molecule has 0 aromatic heterocycles. The van der Waals surface area contributed by atoms with Gasteiger partial charge in [0, 0.05) is 16.6 Å². The van der Waals surface area contributed by atoms with Crippen LogP contribution in [0.25, 0.3) is 0 Å². The summed E-state index contributed by atoms with van der Waals surface area (Å²) < 4.78 is 6.08. The number of hydrogen-bond acceptors (Lipinski definition) is 3. The number of benzene rings is 1. The highest BCUT2D eigenvalue weighted by Gasteiger charge is 2.31. The Morgan fingerprint density at radius 2 is 2.07 bits per heavy atom. The molecule has 2 atom stereocenters. The zero-order valence-electron chi connectivity index (χ0n) is 8.37. The van der Waals surface area contributed by atoms with Gasteiger partial charge < -0.3 is 10.1 Å². The topological polar surface area (TPSA) is 38.3 Å². The van der Waals surface area contributed by atoms with Gasteiger partial charge in [-0.15, -0.1) is 0 Å². The zero-order chi connectivity index (χ0) is 10.8. The standard InChI is InChI=1S/C11H12BrNO2/c1-7-6-10(11(14)15-7)13-9-4-2-8(12)3-5-9/h2-5,7,10,13H,6H2,1H3/t7-,10-/m1/s1. The van der Waals surface area contributed by atoms with Gasteiger partial charge in [0.1, 0.15) is 12.1 Å². The van der Waals surface area contributed by atoms with Crippen molar-refractivity contribution in [3.05, 3.63) is 28.7 Å². The second kappa shape index (κ2) is 4.23. The van der Waals surface area contributed by atoms with Crippen molar-refractivity contribution in [2.45, 2.75) is 25.5 Å². The number of rotatable bonds is 2. The van der Waals surface area contributed by atoms with Crippen LogP contribution in [-0.2, 0) is 9.53 Å². The molecular weight excluding hydrogens is 258 g/mol. The Balaban J connectivity index is 2.03. The van der Waals surface area contributed by atoms with Crippen molar-refractivity contribution in [2.75, 3.05) is 5.32 Å². The second-order valence-corrected chi connectivity index (χ2v) is 4.60. The fourth-order valence-electron chi connectivity index (χ4n) is 1.62. The van der Waals surface area contributed by atoms with E-state index in [-0.39, 0.29) is 18.1 Å². The molecule has 1 heterocycles. The Labute approximate surface area is 96.9 Å². The minimum Gasteiger partial charge on any atom is -0.461 e. The molecule has 1 N–H and O–H groups in total. The van der Waals surface area contributed by atoms with Gasteiger partial charge in [0.2, 0.25) is 0 Å². The van der Waals surface area contributed by atoms with Crippen molar-refractivity contribution in [1.29, 1.82) is 0 Å². The molecule has 0 spiro atoms. The highest BCUT2D eigenvalue weighted by molar-refractivity contribution is 9.10. The Morgan fingerprint density at radius 3 is 2.60 bits per heavy atom. The van der Waals surface area contributed by atoms with E-state index in [4.69, 9.17) is 4.74 Å².